The van der Waals surface area contributed by atoms with E-state index in [1.807, 2.05) is 0 Å². The second kappa shape index (κ2) is 2.88. The van der Waals surface area contributed by atoms with Gasteiger partial charge in [0.05, 0.1) is 0 Å². The van der Waals surface area contributed by atoms with E-state index in [1.54, 1.807) is 0 Å². The van der Waals surface area contributed by atoms with E-state index in [1.165, 1.54) is 0 Å². The molecule has 0 aliphatic carbocycles. The summed E-state index contributed by atoms with van der Waals surface area (Å²) in [6, 6.07) is 0. The van der Waals surface area contributed by atoms with Gasteiger partial charge in [-0.15, -0.1) is 0 Å². The minimum absolute atomic E-state index is 0.778. The van der Waals surface area contributed by atoms with E-state index in [0.29, 0.717) is 0 Å². The van der Waals surface area contributed by atoms with Crippen LogP contribution < -0.4 is 0 Å². The third kappa shape index (κ3) is 1.88. The van der Waals surface area contributed by atoms with Crippen LogP contribution in [0.1, 0.15) is 0 Å². The average molecular weight is 72.9 g/mol. The van der Waals surface area contributed by atoms with Crippen molar-refractivity contribution in [3.63, 3.8) is 0 Å². The molecule has 4 heavy (non-hydrogen) atoms. The van der Waals surface area contributed by atoms with Crippen LogP contribution in [0.5, 0.6) is 0 Å². The molecule has 0 aromatic heterocycles. The fourth-order valence-corrected chi connectivity index (χ4v) is 0. The molecule has 0 aliphatic heterocycles. The van der Waals surface area contributed by atoms with E-state index < -0.39 is 0 Å². The van der Waals surface area contributed by atoms with Crippen LogP contribution in [-0.4, -0.2) is 6.29 Å². The summed E-state index contributed by atoms with van der Waals surface area (Å²) in [7, 11) is 0. The molecule has 0 heterocycles. The molecule has 0 fully saturated rings. The number of hydrogen-bond donors (Lipinski definition) is 0. The maximum atomic E-state index is 8.76. The van der Waals surface area contributed by atoms with Crippen LogP contribution in [0.25, 0.3) is 0 Å². The summed E-state index contributed by atoms with van der Waals surface area (Å²) in [4.78, 5) is 8.76. The third-order valence-electron chi connectivity index (χ3n) is 0.0430. The predicted molar refractivity (Wildman–Crippen MR) is 19.1 cm³/mol. The molecule has 0 spiro atoms. The zero-order valence-corrected chi connectivity index (χ0v) is 2.66. The molecule has 0 radical (unpaired) electrons. The van der Waals surface area contributed by atoms with Gasteiger partial charge in [-0.05, 0) is 0 Å². The first-order valence-corrected chi connectivity index (χ1v) is 1.15. The zero-order chi connectivity index (χ0) is 3.41. The molecule has 0 bridgehead atoms. The minimum atomic E-state index is 0.778. The first kappa shape index (κ1) is 3.88. The van der Waals surface area contributed by atoms with Crippen molar-refractivity contribution in [3.8, 4) is 0 Å². The van der Waals surface area contributed by atoms with Gasteiger partial charge in [0.1, 0.15) is 0 Å². The fourth-order valence-electron chi connectivity index (χ4n) is 0. The summed E-state index contributed by atoms with van der Waals surface area (Å²) in [5.74, 6) is 0. The van der Waals surface area contributed by atoms with Crippen molar-refractivity contribution in [1.29, 1.82) is 0 Å². The maximum absolute atomic E-state index is 8.76. The Morgan fingerprint density at radius 1 is 2.00 bits per heavy atom. The summed E-state index contributed by atoms with van der Waals surface area (Å²) < 4.78 is 0. The van der Waals surface area contributed by atoms with Crippen molar-refractivity contribution in [1.82, 2.24) is 0 Å². The first-order chi connectivity index (χ1) is 1.91. The predicted octanol–water partition coefficient (Wildman–Crippen LogP) is 0.484. The van der Waals surface area contributed by atoms with Gasteiger partial charge in [0.15, 0.2) is 0 Å². The van der Waals surface area contributed by atoms with Gasteiger partial charge in [0.25, 0.3) is 0 Å². The number of nitrogens with zero attached hydrogens (tertiary/aromatic N) is 1. The van der Waals surface area contributed by atoms with E-state index in [0.717, 1.165) is 6.29 Å². The zero-order valence-electron chi connectivity index (χ0n) is 1.84. The number of nitroso groups, excluding NO2 is 1. The second-order valence-corrected chi connectivity index (χ2v) is 0.422. The van der Waals surface area contributed by atoms with Gasteiger partial charge < -0.3 is 0 Å². The molecule has 0 aromatic rings. The molecule has 0 unspecified atom stereocenters. The summed E-state index contributed by atoms with van der Waals surface area (Å²) in [6.07, 6.45) is 0.778. The molecule has 2 nitrogen and oxygen atoms in total. The summed E-state index contributed by atoms with van der Waals surface area (Å²) in [6.45, 7) is 0. The van der Waals surface area contributed by atoms with Crippen LogP contribution in [0, 0.1) is 4.91 Å². The molecule has 0 atom stereocenters. The SMILES string of the molecule is O=NB=S. The molecule has 0 aliphatic rings. The molecular weight excluding hydrogens is 72.9 g/mol. The van der Waals surface area contributed by atoms with Crippen LogP contribution >= 0.6 is 12.1 Å². The van der Waals surface area contributed by atoms with Gasteiger partial charge in [-0.2, -0.15) is 0 Å². The Hall–Kier alpha value is -0.115. The second-order valence-electron chi connectivity index (χ2n) is 0.211. The average Bonchev–Trinajstić information content (AvgIpc) is 1.37. The number of hydrogen-bond acceptors (Lipinski definition) is 2. The quantitative estimate of drug-likeness (QED) is 0.333. The third-order valence-corrected chi connectivity index (χ3v) is 0.129. The molecule has 4 heteroatoms. The van der Waals surface area contributed by atoms with Crippen LogP contribution in [0.15, 0.2) is 5.09 Å². The van der Waals surface area contributed by atoms with E-state index in [2.05, 4.69) is 17.1 Å². The molecular formula is BNOS. The Morgan fingerprint density at radius 2 is 2.25 bits per heavy atom. The Labute approximate surface area is 29.3 Å². The molecule has 0 N–H and O–H groups in total. The van der Waals surface area contributed by atoms with E-state index in [9.17, 15) is 0 Å². The van der Waals surface area contributed by atoms with E-state index in [4.69, 9.17) is 4.91 Å². The molecule has 0 amide bonds. The molecule has 0 aromatic carbocycles. The number of rotatable bonds is 1. The van der Waals surface area contributed by atoms with Crippen molar-refractivity contribution in [3.05, 3.63) is 4.91 Å². The van der Waals surface area contributed by atoms with Crippen molar-refractivity contribution in [2.24, 2.45) is 5.09 Å². The van der Waals surface area contributed by atoms with E-state index >= 15 is 0 Å². The monoisotopic (exact) mass is 73.0 g/mol. The van der Waals surface area contributed by atoms with Gasteiger partial charge >= 0.3 is 28.3 Å². The van der Waals surface area contributed by atoms with E-state index in [-0.39, 0.29) is 0 Å². The van der Waals surface area contributed by atoms with Crippen molar-refractivity contribution in [2.45, 2.75) is 0 Å². The fraction of sp³-hybridized carbons (Fsp3) is 0. The van der Waals surface area contributed by atoms with Crippen LogP contribution in [-0.2, 0) is 0 Å². The first-order valence-electron chi connectivity index (χ1n) is 0.676. The van der Waals surface area contributed by atoms with Crippen molar-refractivity contribution < 1.29 is 0 Å². The van der Waals surface area contributed by atoms with Crippen LogP contribution in [0.4, 0.5) is 0 Å². The normalized spacial score (nSPS) is 4.00. The summed E-state index contributed by atoms with van der Waals surface area (Å²) in [5.41, 5.74) is 0. The molecule has 0 saturated carbocycles. The summed E-state index contributed by atoms with van der Waals surface area (Å²) >= 11 is 3.95. The van der Waals surface area contributed by atoms with Crippen molar-refractivity contribution in [2.75, 3.05) is 0 Å². The molecule has 20 valence electrons. The van der Waals surface area contributed by atoms with Gasteiger partial charge in [-0.3, -0.25) is 0 Å². The Bertz CT molecular complexity index is 29.0. The Morgan fingerprint density at radius 3 is 2.25 bits per heavy atom. The topological polar surface area (TPSA) is 29.4 Å². The van der Waals surface area contributed by atoms with Gasteiger partial charge in [0.2, 0.25) is 0 Å². The Balaban J connectivity index is 2.73. The summed E-state index contributed by atoms with van der Waals surface area (Å²) in [5, 5.41) is 2.18. The standard InChI is InChI=1S/BNOS/c3-2-1-4. The van der Waals surface area contributed by atoms with Crippen molar-refractivity contribution >= 4 is 18.3 Å². The Kier molecular flexibility index (Phi) is 2.80. The van der Waals surface area contributed by atoms with Crippen LogP contribution in [0.2, 0.25) is 0 Å². The van der Waals surface area contributed by atoms with Gasteiger partial charge in [-0.1, -0.05) is 0 Å². The van der Waals surface area contributed by atoms with Gasteiger partial charge in [-0.25, -0.2) is 0 Å². The molecule has 0 rings (SSSR count). The van der Waals surface area contributed by atoms with Crippen LogP contribution in [0.3, 0.4) is 0 Å². The molecule has 0 saturated heterocycles. The van der Waals surface area contributed by atoms with Gasteiger partial charge in [0, 0.05) is 0 Å².